The first kappa shape index (κ1) is 16.5. The molecule has 0 radical (unpaired) electrons. The summed E-state index contributed by atoms with van der Waals surface area (Å²) < 4.78 is 0. The fourth-order valence-electron chi connectivity index (χ4n) is 2.96. The SMILES string of the molecule is CC1(C)C(=O)N(CC(=O)NCc2ccccc2)c2ccc(Cl)cc21. The van der Waals surface area contributed by atoms with E-state index in [1.165, 1.54) is 4.90 Å². The number of hydrogen-bond donors (Lipinski definition) is 1. The van der Waals surface area contributed by atoms with E-state index in [4.69, 9.17) is 11.6 Å². The Labute approximate surface area is 146 Å². The number of anilines is 1. The summed E-state index contributed by atoms with van der Waals surface area (Å²) in [5.74, 6) is -0.277. The molecule has 3 rings (SSSR count). The zero-order valence-corrected chi connectivity index (χ0v) is 14.4. The molecule has 24 heavy (non-hydrogen) atoms. The number of hydrogen-bond acceptors (Lipinski definition) is 2. The summed E-state index contributed by atoms with van der Waals surface area (Å²) in [6.07, 6.45) is 0. The van der Waals surface area contributed by atoms with Gasteiger partial charge in [0.15, 0.2) is 0 Å². The molecule has 0 atom stereocenters. The van der Waals surface area contributed by atoms with Gasteiger partial charge in [-0.15, -0.1) is 0 Å². The Morgan fingerprint density at radius 1 is 1.17 bits per heavy atom. The Hall–Kier alpha value is -2.33. The molecule has 5 heteroatoms. The van der Waals surface area contributed by atoms with E-state index >= 15 is 0 Å². The molecular formula is C19H19ClN2O2. The lowest BCUT2D eigenvalue weighted by atomic mass is 9.86. The number of benzene rings is 2. The van der Waals surface area contributed by atoms with Gasteiger partial charge in [-0.25, -0.2) is 0 Å². The van der Waals surface area contributed by atoms with Crippen molar-refractivity contribution >= 4 is 29.1 Å². The van der Waals surface area contributed by atoms with Gasteiger partial charge in [-0.2, -0.15) is 0 Å². The predicted octanol–water partition coefficient (Wildman–Crippen LogP) is 3.28. The molecule has 1 aliphatic heterocycles. The van der Waals surface area contributed by atoms with Crippen LogP contribution in [-0.4, -0.2) is 18.4 Å². The summed E-state index contributed by atoms with van der Waals surface area (Å²) in [6, 6.07) is 15.0. The average molecular weight is 343 g/mol. The minimum absolute atomic E-state index is 0.00370. The second-order valence-corrected chi connectivity index (χ2v) is 6.88. The van der Waals surface area contributed by atoms with E-state index in [1.807, 2.05) is 44.2 Å². The molecule has 0 saturated carbocycles. The number of fused-ring (bicyclic) bond motifs is 1. The van der Waals surface area contributed by atoms with E-state index < -0.39 is 5.41 Å². The van der Waals surface area contributed by atoms with Crippen LogP contribution in [-0.2, 0) is 21.5 Å². The van der Waals surface area contributed by atoms with E-state index in [-0.39, 0.29) is 18.4 Å². The minimum Gasteiger partial charge on any atom is -0.350 e. The number of carbonyl (C=O) groups is 2. The third-order valence-electron chi connectivity index (χ3n) is 4.34. The molecule has 1 aliphatic rings. The highest BCUT2D eigenvalue weighted by molar-refractivity contribution is 6.31. The molecule has 4 nitrogen and oxygen atoms in total. The summed E-state index contributed by atoms with van der Waals surface area (Å²) in [5, 5.41) is 3.45. The lowest BCUT2D eigenvalue weighted by Crippen LogP contribution is -2.42. The molecule has 0 fully saturated rings. The van der Waals surface area contributed by atoms with Crippen molar-refractivity contribution < 1.29 is 9.59 Å². The molecule has 0 aliphatic carbocycles. The van der Waals surface area contributed by atoms with Gasteiger partial charge in [0.1, 0.15) is 6.54 Å². The van der Waals surface area contributed by atoms with Gasteiger partial charge in [0.25, 0.3) is 0 Å². The van der Waals surface area contributed by atoms with Gasteiger partial charge >= 0.3 is 0 Å². The second-order valence-electron chi connectivity index (χ2n) is 6.44. The van der Waals surface area contributed by atoms with Crippen molar-refractivity contribution in [3.63, 3.8) is 0 Å². The molecule has 0 bridgehead atoms. The summed E-state index contributed by atoms with van der Waals surface area (Å²) in [7, 11) is 0. The van der Waals surface area contributed by atoms with E-state index in [2.05, 4.69) is 5.32 Å². The van der Waals surface area contributed by atoms with Gasteiger partial charge in [-0.3, -0.25) is 9.59 Å². The number of nitrogens with one attached hydrogen (secondary N) is 1. The summed E-state index contributed by atoms with van der Waals surface area (Å²) in [4.78, 5) is 26.5. The van der Waals surface area contributed by atoms with E-state index in [9.17, 15) is 9.59 Å². The van der Waals surface area contributed by atoms with Crippen molar-refractivity contribution in [2.45, 2.75) is 25.8 Å². The second kappa shape index (κ2) is 6.29. The fourth-order valence-corrected chi connectivity index (χ4v) is 3.13. The monoisotopic (exact) mass is 342 g/mol. The van der Waals surface area contributed by atoms with Gasteiger partial charge in [-0.1, -0.05) is 41.9 Å². The molecule has 0 unspecified atom stereocenters. The molecule has 124 valence electrons. The van der Waals surface area contributed by atoms with Crippen molar-refractivity contribution in [2.24, 2.45) is 0 Å². The first-order valence-corrected chi connectivity index (χ1v) is 8.20. The van der Waals surface area contributed by atoms with Crippen LogP contribution in [0.15, 0.2) is 48.5 Å². The number of amides is 2. The lowest BCUT2D eigenvalue weighted by molar-refractivity contribution is -0.125. The molecule has 2 aromatic carbocycles. The molecule has 1 N–H and O–H groups in total. The van der Waals surface area contributed by atoms with E-state index in [0.29, 0.717) is 11.6 Å². The minimum atomic E-state index is -0.681. The molecule has 0 aromatic heterocycles. The Kier molecular flexibility index (Phi) is 4.33. The number of carbonyl (C=O) groups excluding carboxylic acids is 2. The number of nitrogens with zero attached hydrogens (tertiary/aromatic N) is 1. The Balaban J connectivity index is 1.73. The van der Waals surface area contributed by atoms with Crippen LogP contribution >= 0.6 is 11.6 Å². The van der Waals surface area contributed by atoms with Crippen molar-refractivity contribution in [1.82, 2.24) is 5.32 Å². The van der Waals surface area contributed by atoms with Crippen molar-refractivity contribution in [2.75, 3.05) is 11.4 Å². The van der Waals surface area contributed by atoms with Gasteiger partial charge in [-0.05, 0) is 43.2 Å². The number of halogens is 1. The van der Waals surface area contributed by atoms with E-state index in [1.54, 1.807) is 18.2 Å². The molecule has 1 heterocycles. The zero-order valence-electron chi connectivity index (χ0n) is 13.7. The maximum Gasteiger partial charge on any atom is 0.240 e. The quantitative estimate of drug-likeness (QED) is 0.927. The maximum atomic E-state index is 12.7. The largest absolute Gasteiger partial charge is 0.350 e. The van der Waals surface area contributed by atoms with Crippen LogP contribution < -0.4 is 10.2 Å². The van der Waals surface area contributed by atoms with Crippen molar-refractivity contribution in [1.29, 1.82) is 0 Å². The fraction of sp³-hybridized carbons (Fsp3) is 0.263. The molecule has 2 amide bonds. The summed E-state index contributed by atoms with van der Waals surface area (Å²) in [6.45, 7) is 4.15. The maximum absolute atomic E-state index is 12.7. The third-order valence-corrected chi connectivity index (χ3v) is 4.57. The van der Waals surface area contributed by atoms with Crippen LogP contribution in [0.1, 0.15) is 25.0 Å². The topological polar surface area (TPSA) is 49.4 Å². The molecule has 2 aromatic rings. The number of rotatable bonds is 4. The summed E-state index contributed by atoms with van der Waals surface area (Å²) in [5.41, 5.74) is 1.95. The molecule has 0 spiro atoms. The molecule has 0 saturated heterocycles. The van der Waals surface area contributed by atoms with Gasteiger partial charge in [0.2, 0.25) is 11.8 Å². The predicted molar refractivity (Wildman–Crippen MR) is 95.1 cm³/mol. The van der Waals surface area contributed by atoms with Gasteiger partial charge in [0.05, 0.1) is 5.41 Å². The smallest absolute Gasteiger partial charge is 0.240 e. The van der Waals surface area contributed by atoms with Gasteiger partial charge in [0, 0.05) is 17.3 Å². The van der Waals surface area contributed by atoms with Crippen LogP contribution in [0.3, 0.4) is 0 Å². The van der Waals surface area contributed by atoms with Crippen molar-refractivity contribution in [3.05, 3.63) is 64.7 Å². The highest BCUT2D eigenvalue weighted by Gasteiger charge is 2.44. The first-order valence-electron chi connectivity index (χ1n) is 7.82. The highest BCUT2D eigenvalue weighted by atomic mass is 35.5. The standard InChI is InChI=1S/C19H19ClN2O2/c1-19(2)15-10-14(20)8-9-16(15)22(18(19)24)12-17(23)21-11-13-6-4-3-5-7-13/h3-10H,11-12H2,1-2H3,(H,21,23). The Morgan fingerprint density at radius 2 is 1.88 bits per heavy atom. The zero-order chi connectivity index (χ0) is 17.3. The van der Waals surface area contributed by atoms with Gasteiger partial charge < -0.3 is 10.2 Å². The third kappa shape index (κ3) is 3.02. The van der Waals surface area contributed by atoms with Crippen molar-refractivity contribution in [3.8, 4) is 0 Å². The first-order chi connectivity index (χ1) is 11.4. The normalized spacial score (nSPS) is 15.3. The van der Waals surface area contributed by atoms with E-state index in [0.717, 1.165) is 16.8 Å². The lowest BCUT2D eigenvalue weighted by Gasteiger charge is -2.20. The Morgan fingerprint density at radius 3 is 2.58 bits per heavy atom. The van der Waals surface area contributed by atoms with Crippen LogP contribution in [0.2, 0.25) is 5.02 Å². The van der Waals surface area contributed by atoms with Crippen LogP contribution in [0.5, 0.6) is 0 Å². The van der Waals surface area contributed by atoms with Crippen LogP contribution in [0.4, 0.5) is 5.69 Å². The molecular weight excluding hydrogens is 324 g/mol. The Bertz CT molecular complexity index is 787. The average Bonchev–Trinajstić information content (AvgIpc) is 2.75. The highest BCUT2D eigenvalue weighted by Crippen LogP contribution is 2.42. The van der Waals surface area contributed by atoms with Crippen LogP contribution in [0, 0.1) is 0 Å². The summed E-state index contributed by atoms with van der Waals surface area (Å²) >= 11 is 6.06. The van der Waals surface area contributed by atoms with Crippen LogP contribution in [0.25, 0.3) is 0 Å².